The van der Waals surface area contributed by atoms with Crippen LogP contribution in [0, 0.1) is 25.5 Å². The van der Waals surface area contributed by atoms with E-state index in [0.29, 0.717) is 5.82 Å². The molecule has 10 heteroatoms. The van der Waals surface area contributed by atoms with E-state index in [4.69, 9.17) is 28.3 Å². The number of aromatic hydroxyl groups is 1. The van der Waals surface area contributed by atoms with Crippen LogP contribution < -0.4 is 5.56 Å². The van der Waals surface area contributed by atoms with Gasteiger partial charge in [-0.05, 0) is 13.8 Å². The van der Waals surface area contributed by atoms with E-state index in [1.54, 1.807) is 6.92 Å². The lowest BCUT2D eigenvalue weighted by atomic mass is 10.5. The maximum atomic E-state index is 12.5. The number of halogens is 4. The largest absolute Gasteiger partial charge is 0.491 e. The molecule has 0 spiro atoms. The number of hydrogen-bond acceptors (Lipinski definition) is 5. The predicted octanol–water partition coefficient (Wildman–Crippen LogP) is 2.15. The Morgan fingerprint density at radius 1 is 1.05 bits per heavy atom. The zero-order chi connectivity index (χ0) is 15.4. The summed E-state index contributed by atoms with van der Waals surface area (Å²) < 4.78 is 24.8. The highest BCUT2D eigenvalue weighted by atomic mass is 35.5. The molecule has 0 aromatic carbocycles. The van der Waals surface area contributed by atoms with E-state index in [0.717, 1.165) is 0 Å². The third-order valence-electron chi connectivity index (χ3n) is 1.85. The van der Waals surface area contributed by atoms with Gasteiger partial charge in [-0.15, -0.1) is 0 Å². The minimum absolute atomic E-state index is 0.184. The SMILES string of the molecule is Cc1nc(Cl)c(F)c(Cl)n1.Cc1nc(O)c(F)c(=O)[nH]1. The number of aromatic nitrogens is 4. The van der Waals surface area contributed by atoms with Crippen LogP contribution in [0.1, 0.15) is 11.6 Å². The van der Waals surface area contributed by atoms with Crippen LogP contribution in [0.25, 0.3) is 0 Å². The summed E-state index contributed by atoms with van der Waals surface area (Å²) in [5.41, 5.74) is -0.954. The van der Waals surface area contributed by atoms with Gasteiger partial charge in [-0.2, -0.15) is 9.37 Å². The number of rotatable bonds is 0. The van der Waals surface area contributed by atoms with Gasteiger partial charge in [-0.1, -0.05) is 23.2 Å². The second-order valence-corrected chi connectivity index (χ2v) is 4.17. The van der Waals surface area contributed by atoms with Crippen molar-refractivity contribution in [2.24, 2.45) is 0 Å². The first-order valence-electron chi connectivity index (χ1n) is 5.03. The topological polar surface area (TPSA) is 91.8 Å². The van der Waals surface area contributed by atoms with Gasteiger partial charge in [0.25, 0.3) is 11.4 Å². The van der Waals surface area contributed by atoms with Crippen molar-refractivity contribution in [1.82, 2.24) is 19.9 Å². The van der Waals surface area contributed by atoms with Gasteiger partial charge in [0.2, 0.25) is 5.82 Å². The van der Waals surface area contributed by atoms with E-state index < -0.39 is 23.1 Å². The molecular formula is C10H8Cl2F2N4O2. The third-order valence-corrected chi connectivity index (χ3v) is 2.35. The van der Waals surface area contributed by atoms with Crippen LogP contribution >= 0.6 is 23.2 Å². The summed E-state index contributed by atoms with van der Waals surface area (Å²) in [5.74, 6) is -2.33. The van der Waals surface area contributed by atoms with Crippen molar-refractivity contribution in [3.8, 4) is 5.88 Å². The highest BCUT2D eigenvalue weighted by molar-refractivity contribution is 6.33. The van der Waals surface area contributed by atoms with Crippen LogP contribution in [-0.4, -0.2) is 25.0 Å². The Morgan fingerprint density at radius 3 is 2.00 bits per heavy atom. The van der Waals surface area contributed by atoms with Gasteiger partial charge in [-0.25, -0.2) is 14.4 Å². The molecule has 0 atom stereocenters. The molecule has 0 unspecified atom stereocenters. The minimum Gasteiger partial charge on any atom is -0.491 e. The fourth-order valence-corrected chi connectivity index (χ4v) is 1.52. The molecule has 2 aromatic rings. The quantitative estimate of drug-likeness (QED) is 0.724. The van der Waals surface area contributed by atoms with Crippen molar-refractivity contribution in [2.45, 2.75) is 13.8 Å². The maximum absolute atomic E-state index is 12.5. The maximum Gasteiger partial charge on any atom is 0.291 e. The Kier molecular flexibility index (Phi) is 5.34. The van der Waals surface area contributed by atoms with Gasteiger partial charge in [0, 0.05) is 0 Å². The van der Waals surface area contributed by atoms with E-state index in [1.165, 1.54) is 6.92 Å². The molecule has 2 rings (SSSR count). The first-order chi connectivity index (χ1) is 9.22. The summed E-state index contributed by atoms with van der Waals surface area (Å²) in [5, 5.41) is 8.10. The Bertz CT molecular complexity index is 670. The van der Waals surface area contributed by atoms with Gasteiger partial charge in [0.15, 0.2) is 16.1 Å². The number of H-pyrrole nitrogens is 1. The van der Waals surface area contributed by atoms with E-state index >= 15 is 0 Å². The number of hydrogen-bond donors (Lipinski definition) is 2. The summed E-state index contributed by atoms with van der Waals surface area (Å²) in [6.07, 6.45) is 0. The minimum atomic E-state index is -1.24. The van der Waals surface area contributed by atoms with E-state index in [1.807, 2.05) is 0 Å². The second-order valence-electron chi connectivity index (χ2n) is 3.46. The number of nitrogens with zero attached hydrogens (tertiary/aromatic N) is 3. The number of nitrogens with one attached hydrogen (secondary N) is 1. The first-order valence-corrected chi connectivity index (χ1v) is 5.78. The van der Waals surface area contributed by atoms with Gasteiger partial charge < -0.3 is 10.1 Å². The molecule has 0 aliphatic heterocycles. The van der Waals surface area contributed by atoms with E-state index in [9.17, 15) is 13.6 Å². The fourth-order valence-electron chi connectivity index (χ4n) is 1.05. The molecule has 20 heavy (non-hydrogen) atoms. The average Bonchev–Trinajstić information content (AvgIpc) is 2.33. The molecule has 0 amide bonds. The molecule has 0 saturated heterocycles. The van der Waals surface area contributed by atoms with E-state index in [-0.39, 0.29) is 16.1 Å². The lowest BCUT2D eigenvalue weighted by Crippen LogP contribution is -2.13. The lowest BCUT2D eigenvalue weighted by molar-refractivity contribution is 0.402. The number of aromatic amines is 1. The summed E-state index contributed by atoms with van der Waals surface area (Å²) in [4.78, 5) is 22.8. The molecule has 2 aromatic heterocycles. The molecule has 6 nitrogen and oxygen atoms in total. The van der Waals surface area contributed by atoms with Gasteiger partial charge in [0.05, 0.1) is 0 Å². The van der Waals surface area contributed by atoms with Crippen LogP contribution in [0.4, 0.5) is 8.78 Å². The third kappa shape index (κ3) is 4.10. The number of aryl methyl sites for hydroxylation is 2. The predicted molar refractivity (Wildman–Crippen MR) is 68.0 cm³/mol. The van der Waals surface area contributed by atoms with Gasteiger partial charge in [0.1, 0.15) is 11.6 Å². The molecule has 0 aliphatic carbocycles. The summed E-state index contributed by atoms with van der Waals surface area (Å²) in [7, 11) is 0. The highest BCUT2D eigenvalue weighted by Gasteiger charge is 2.07. The summed E-state index contributed by atoms with van der Waals surface area (Å²) in [6, 6.07) is 0. The van der Waals surface area contributed by atoms with Crippen LogP contribution in [-0.2, 0) is 0 Å². The van der Waals surface area contributed by atoms with Crippen LogP contribution in [0.2, 0.25) is 10.3 Å². The van der Waals surface area contributed by atoms with Crippen LogP contribution in [0.15, 0.2) is 4.79 Å². The smallest absolute Gasteiger partial charge is 0.291 e. The average molecular weight is 325 g/mol. The van der Waals surface area contributed by atoms with Gasteiger partial charge in [-0.3, -0.25) is 4.79 Å². The second kappa shape index (κ2) is 6.58. The zero-order valence-electron chi connectivity index (χ0n) is 10.2. The molecule has 108 valence electrons. The summed E-state index contributed by atoms with van der Waals surface area (Å²) >= 11 is 10.6. The molecule has 0 aliphatic rings. The zero-order valence-corrected chi connectivity index (χ0v) is 11.7. The molecule has 2 N–H and O–H groups in total. The monoisotopic (exact) mass is 324 g/mol. The highest BCUT2D eigenvalue weighted by Crippen LogP contribution is 2.17. The van der Waals surface area contributed by atoms with Crippen molar-refractivity contribution < 1.29 is 13.9 Å². The Balaban J connectivity index is 0.000000200. The summed E-state index contributed by atoms with van der Waals surface area (Å²) in [6.45, 7) is 3.03. The van der Waals surface area contributed by atoms with Crippen molar-refractivity contribution in [3.05, 3.63) is 43.9 Å². The Hall–Kier alpha value is -1.80. The van der Waals surface area contributed by atoms with E-state index in [2.05, 4.69) is 19.9 Å². The van der Waals surface area contributed by atoms with Crippen molar-refractivity contribution >= 4 is 23.2 Å². The molecule has 2 heterocycles. The van der Waals surface area contributed by atoms with Crippen LogP contribution in [0.5, 0.6) is 5.88 Å². The Morgan fingerprint density at radius 2 is 1.55 bits per heavy atom. The van der Waals surface area contributed by atoms with Crippen molar-refractivity contribution in [1.29, 1.82) is 0 Å². The normalized spacial score (nSPS) is 9.90. The molecule has 0 saturated carbocycles. The standard InChI is InChI=1S/C5H3Cl2FN2.C5H5FN2O2/c1-2-9-4(6)3(8)5(7)10-2;1-2-7-4(9)3(6)5(10)8-2/h1H3;1H3,(H2,7,8,9,10). The molecule has 0 radical (unpaired) electrons. The molecule has 0 fully saturated rings. The van der Waals surface area contributed by atoms with Crippen molar-refractivity contribution in [3.63, 3.8) is 0 Å². The van der Waals surface area contributed by atoms with Gasteiger partial charge >= 0.3 is 0 Å². The van der Waals surface area contributed by atoms with Crippen molar-refractivity contribution in [2.75, 3.05) is 0 Å². The Labute approximate surface area is 121 Å². The lowest BCUT2D eigenvalue weighted by Gasteiger charge is -1.95. The molecule has 0 bridgehead atoms. The first kappa shape index (κ1) is 16.3. The molecular weight excluding hydrogens is 317 g/mol. The van der Waals surface area contributed by atoms with Crippen LogP contribution in [0.3, 0.4) is 0 Å². The fraction of sp³-hybridized carbons (Fsp3) is 0.200.